The summed E-state index contributed by atoms with van der Waals surface area (Å²) in [5, 5.41) is 0. The Kier molecular flexibility index (Phi) is 3.36. The predicted octanol–water partition coefficient (Wildman–Crippen LogP) is 2.21. The molecule has 0 spiro atoms. The largest absolute Gasteiger partial charge is 0.337 e. The summed E-state index contributed by atoms with van der Waals surface area (Å²) in [6, 6.07) is 0.283. The van der Waals surface area contributed by atoms with Gasteiger partial charge in [0.15, 0.2) is 5.82 Å². The number of aromatic nitrogens is 2. The van der Waals surface area contributed by atoms with E-state index in [0.717, 1.165) is 19.4 Å². The van der Waals surface area contributed by atoms with Crippen molar-refractivity contribution in [3.8, 4) is 0 Å². The van der Waals surface area contributed by atoms with Crippen molar-refractivity contribution < 1.29 is 4.39 Å². The molecule has 5 heteroatoms. The van der Waals surface area contributed by atoms with E-state index in [1.165, 1.54) is 18.8 Å². The van der Waals surface area contributed by atoms with E-state index >= 15 is 0 Å². The van der Waals surface area contributed by atoms with Crippen molar-refractivity contribution in [2.24, 2.45) is 0 Å². The number of alkyl halides is 1. The predicted molar refractivity (Wildman–Crippen MR) is 57.7 cm³/mol. The second-order valence-electron chi connectivity index (χ2n) is 3.70. The average molecular weight is 230 g/mol. The molecule has 0 aliphatic carbocycles. The van der Waals surface area contributed by atoms with Crippen molar-refractivity contribution in [1.29, 1.82) is 0 Å². The van der Waals surface area contributed by atoms with Crippen LogP contribution in [0, 0.1) is 5.82 Å². The Labute approximate surface area is 93.3 Å². The number of hydrogen-bond donors (Lipinski definition) is 0. The van der Waals surface area contributed by atoms with Crippen LogP contribution in [0.2, 0.25) is 0 Å². The highest BCUT2D eigenvalue weighted by Crippen LogP contribution is 2.22. The lowest BCUT2D eigenvalue weighted by Gasteiger charge is -2.34. The monoisotopic (exact) mass is 229 g/mol. The second kappa shape index (κ2) is 4.75. The van der Waals surface area contributed by atoms with Crippen LogP contribution in [0.4, 0.5) is 10.3 Å². The molecular formula is C10H13ClFN3. The van der Waals surface area contributed by atoms with Crippen LogP contribution >= 0.6 is 11.6 Å². The van der Waals surface area contributed by atoms with E-state index in [9.17, 15) is 4.39 Å². The van der Waals surface area contributed by atoms with Crippen molar-refractivity contribution in [3.05, 3.63) is 18.2 Å². The van der Waals surface area contributed by atoms with Crippen LogP contribution in [0.5, 0.6) is 0 Å². The maximum Gasteiger partial charge on any atom is 0.225 e. The van der Waals surface area contributed by atoms with Crippen LogP contribution in [0.15, 0.2) is 12.4 Å². The molecule has 82 valence electrons. The third-order valence-electron chi connectivity index (χ3n) is 2.67. The maximum absolute atomic E-state index is 12.7. The topological polar surface area (TPSA) is 29.0 Å². The second-order valence-corrected chi connectivity index (χ2v) is 4.01. The highest BCUT2D eigenvalue weighted by molar-refractivity contribution is 6.18. The fourth-order valence-electron chi connectivity index (χ4n) is 1.88. The quantitative estimate of drug-likeness (QED) is 0.729. The Morgan fingerprint density at radius 1 is 1.40 bits per heavy atom. The highest BCUT2D eigenvalue weighted by atomic mass is 35.5. The molecule has 0 amide bonds. The van der Waals surface area contributed by atoms with E-state index < -0.39 is 5.82 Å². The van der Waals surface area contributed by atoms with Gasteiger partial charge in [-0.15, -0.1) is 11.6 Å². The number of nitrogens with zero attached hydrogens (tertiary/aromatic N) is 3. The molecule has 1 fully saturated rings. The summed E-state index contributed by atoms with van der Waals surface area (Å²) >= 11 is 5.88. The maximum atomic E-state index is 12.7. The summed E-state index contributed by atoms with van der Waals surface area (Å²) in [7, 11) is 0. The molecule has 1 aromatic heterocycles. The molecule has 15 heavy (non-hydrogen) atoms. The van der Waals surface area contributed by atoms with Crippen LogP contribution in [0.3, 0.4) is 0 Å². The Balaban J connectivity index is 2.16. The zero-order valence-corrected chi connectivity index (χ0v) is 9.12. The van der Waals surface area contributed by atoms with E-state index in [1.807, 2.05) is 0 Å². The third kappa shape index (κ3) is 2.37. The molecule has 1 unspecified atom stereocenters. The lowest BCUT2D eigenvalue weighted by atomic mass is 10.0. The molecule has 1 aromatic rings. The van der Waals surface area contributed by atoms with Gasteiger partial charge in [0.1, 0.15) is 0 Å². The molecule has 0 aromatic carbocycles. The molecular weight excluding hydrogens is 217 g/mol. The number of rotatable bonds is 2. The molecule has 1 saturated heterocycles. The first-order valence-electron chi connectivity index (χ1n) is 5.11. The molecule has 1 aliphatic rings. The van der Waals surface area contributed by atoms with Crippen LogP contribution < -0.4 is 4.90 Å². The standard InChI is InChI=1S/C10H13ClFN3/c11-5-9-3-1-2-4-15(9)10-13-6-8(12)7-14-10/h6-7,9H,1-5H2. The number of halogens is 2. The highest BCUT2D eigenvalue weighted by Gasteiger charge is 2.23. The van der Waals surface area contributed by atoms with Gasteiger partial charge < -0.3 is 4.90 Å². The summed E-state index contributed by atoms with van der Waals surface area (Å²) in [5.74, 6) is 0.751. The van der Waals surface area contributed by atoms with E-state index in [0.29, 0.717) is 11.8 Å². The van der Waals surface area contributed by atoms with E-state index in [2.05, 4.69) is 14.9 Å². The van der Waals surface area contributed by atoms with Crippen molar-refractivity contribution in [3.63, 3.8) is 0 Å². The zero-order chi connectivity index (χ0) is 10.7. The van der Waals surface area contributed by atoms with Crippen LogP contribution in [-0.4, -0.2) is 28.4 Å². The smallest absolute Gasteiger partial charge is 0.225 e. The fourth-order valence-corrected chi connectivity index (χ4v) is 2.20. The minimum atomic E-state index is -0.404. The molecule has 2 rings (SSSR count). The van der Waals surface area contributed by atoms with Gasteiger partial charge in [-0.05, 0) is 19.3 Å². The van der Waals surface area contributed by atoms with Gasteiger partial charge in [-0.25, -0.2) is 14.4 Å². The Morgan fingerprint density at radius 3 is 2.80 bits per heavy atom. The Bertz CT molecular complexity index is 317. The van der Waals surface area contributed by atoms with Gasteiger partial charge in [0.2, 0.25) is 5.95 Å². The minimum absolute atomic E-state index is 0.283. The van der Waals surface area contributed by atoms with Gasteiger partial charge in [0, 0.05) is 18.5 Å². The van der Waals surface area contributed by atoms with Gasteiger partial charge >= 0.3 is 0 Å². The zero-order valence-electron chi connectivity index (χ0n) is 8.37. The van der Waals surface area contributed by atoms with E-state index in [4.69, 9.17) is 11.6 Å². The van der Waals surface area contributed by atoms with E-state index in [-0.39, 0.29) is 6.04 Å². The van der Waals surface area contributed by atoms with Gasteiger partial charge in [-0.1, -0.05) is 0 Å². The van der Waals surface area contributed by atoms with Crippen molar-refractivity contribution in [2.45, 2.75) is 25.3 Å². The van der Waals surface area contributed by atoms with Gasteiger partial charge in [0.05, 0.1) is 12.4 Å². The molecule has 0 N–H and O–H groups in total. The minimum Gasteiger partial charge on any atom is -0.337 e. The van der Waals surface area contributed by atoms with Crippen LogP contribution in [0.25, 0.3) is 0 Å². The lowest BCUT2D eigenvalue weighted by molar-refractivity contribution is 0.478. The molecule has 1 atom stereocenters. The molecule has 1 aliphatic heterocycles. The van der Waals surface area contributed by atoms with Crippen molar-refractivity contribution in [1.82, 2.24) is 9.97 Å². The SMILES string of the molecule is Fc1cnc(N2CCCCC2CCl)nc1. The summed E-state index contributed by atoms with van der Waals surface area (Å²) in [5.41, 5.74) is 0. The van der Waals surface area contributed by atoms with Crippen molar-refractivity contribution in [2.75, 3.05) is 17.3 Å². The fraction of sp³-hybridized carbons (Fsp3) is 0.600. The molecule has 3 nitrogen and oxygen atoms in total. The lowest BCUT2D eigenvalue weighted by Crippen LogP contribution is -2.41. The molecule has 2 heterocycles. The first-order chi connectivity index (χ1) is 7.31. The Morgan fingerprint density at radius 2 is 2.13 bits per heavy atom. The number of piperidine rings is 1. The summed E-state index contributed by atoms with van der Waals surface area (Å²) in [6.45, 7) is 0.906. The van der Waals surface area contributed by atoms with Gasteiger partial charge in [0.25, 0.3) is 0 Å². The summed E-state index contributed by atoms with van der Waals surface area (Å²) in [4.78, 5) is 10.0. The first kappa shape index (κ1) is 10.6. The van der Waals surface area contributed by atoms with Gasteiger partial charge in [-0.2, -0.15) is 0 Å². The average Bonchev–Trinajstić information content (AvgIpc) is 2.30. The van der Waals surface area contributed by atoms with Crippen LogP contribution in [-0.2, 0) is 0 Å². The van der Waals surface area contributed by atoms with Crippen molar-refractivity contribution >= 4 is 17.5 Å². The van der Waals surface area contributed by atoms with Crippen LogP contribution in [0.1, 0.15) is 19.3 Å². The first-order valence-corrected chi connectivity index (χ1v) is 5.65. The Hall–Kier alpha value is -0.900. The molecule has 0 radical (unpaired) electrons. The summed E-state index contributed by atoms with van der Waals surface area (Å²) < 4.78 is 12.7. The third-order valence-corrected chi connectivity index (χ3v) is 3.03. The molecule has 0 bridgehead atoms. The number of hydrogen-bond acceptors (Lipinski definition) is 3. The van der Waals surface area contributed by atoms with E-state index in [1.54, 1.807) is 0 Å². The van der Waals surface area contributed by atoms with Gasteiger partial charge in [-0.3, -0.25) is 0 Å². The number of anilines is 1. The normalized spacial score (nSPS) is 21.7. The summed E-state index contributed by atoms with van der Waals surface area (Å²) in [6.07, 6.45) is 5.76. The molecule has 0 saturated carbocycles.